The SMILES string of the molecule is CN(C)S(=O)(=O)Nc1ccc(CNC(=S)NCc2ccc(C(C)(C)C)cc2)cc1. The molecule has 6 nitrogen and oxygen atoms in total. The zero-order valence-corrected chi connectivity index (χ0v) is 19.2. The maximum Gasteiger partial charge on any atom is 0.301 e. The molecule has 0 saturated heterocycles. The third-order valence-electron chi connectivity index (χ3n) is 4.41. The molecule has 0 bridgehead atoms. The van der Waals surface area contributed by atoms with Crippen molar-refractivity contribution in [2.75, 3.05) is 18.8 Å². The zero-order chi connectivity index (χ0) is 21.7. The zero-order valence-electron chi connectivity index (χ0n) is 17.6. The van der Waals surface area contributed by atoms with Crippen LogP contribution in [0, 0.1) is 0 Å². The van der Waals surface area contributed by atoms with Crippen molar-refractivity contribution in [2.45, 2.75) is 39.3 Å². The molecule has 0 saturated carbocycles. The Morgan fingerprint density at radius 2 is 1.34 bits per heavy atom. The molecular weight excluding hydrogens is 404 g/mol. The number of thiocarbonyl (C=S) groups is 1. The minimum atomic E-state index is -3.50. The van der Waals surface area contributed by atoms with E-state index in [1.54, 1.807) is 12.1 Å². The van der Waals surface area contributed by atoms with Crippen molar-refractivity contribution in [3.05, 3.63) is 65.2 Å². The lowest BCUT2D eigenvalue weighted by molar-refractivity contribution is 0.527. The second-order valence-electron chi connectivity index (χ2n) is 8.07. The van der Waals surface area contributed by atoms with Crippen LogP contribution in [0.5, 0.6) is 0 Å². The lowest BCUT2D eigenvalue weighted by Gasteiger charge is -2.19. The number of rotatable bonds is 7. The van der Waals surface area contributed by atoms with Gasteiger partial charge in [0.05, 0.1) is 0 Å². The summed E-state index contributed by atoms with van der Waals surface area (Å²) in [4.78, 5) is 0. The highest BCUT2D eigenvalue weighted by molar-refractivity contribution is 7.90. The first kappa shape index (κ1) is 23.1. The first-order valence-corrected chi connectivity index (χ1v) is 11.2. The minimum Gasteiger partial charge on any atom is -0.359 e. The largest absolute Gasteiger partial charge is 0.359 e. The van der Waals surface area contributed by atoms with Crippen molar-refractivity contribution in [1.82, 2.24) is 14.9 Å². The van der Waals surface area contributed by atoms with Gasteiger partial charge in [-0.25, -0.2) is 0 Å². The molecule has 0 unspecified atom stereocenters. The van der Waals surface area contributed by atoms with Gasteiger partial charge in [-0.1, -0.05) is 57.2 Å². The summed E-state index contributed by atoms with van der Waals surface area (Å²) in [5.74, 6) is 0. The van der Waals surface area contributed by atoms with Gasteiger partial charge in [0.1, 0.15) is 0 Å². The fourth-order valence-electron chi connectivity index (χ4n) is 2.48. The van der Waals surface area contributed by atoms with Crippen molar-refractivity contribution >= 4 is 33.2 Å². The fourth-order valence-corrected chi connectivity index (χ4v) is 3.24. The molecule has 3 N–H and O–H groups in total. The number of benzene rings is 2. The standard InChI is InChI=1S/C21H30N4O2S2/c1-21(2,3)18-10-6-16(7-11-18)14-22-20(28)23-15-17-8-12-19(13-9-17)24-29(26,27)25(4)5/h6-13,24H,14-15H2,1-5H3,(H2,22,23,28). The number of anilines is 1. The molecule has 0 aliphatic carbocycles. The van der Waals surface area contributed by atoms with Gasteiger partial charge in [0.25, 0.3) is 0 Å². The topological polar surface area (TPSA) is 73.5 Å². The van der Waals surface area contributed by atoms with E-state index in [0.29, 0.717) is 23.9 Å². The first-order chi connectivity index (χ1) is 13.5. The molecule has 2 rings (SSSR count). The van der Waals surface area contributed by atoms with Gasteiger partial charge in [0.2, 0.25) is 0 Å². The molecular formula is C21H30N4O2S2. The Balaban J connectivity index is 1.80. The van der Waals surface area contributed by atoms with Gasteiger partial charge in [-0.3, -0.25) is 4.72 Å². The average molecular weight is 435 g/mol. The summed E-state index contributed by atoms with van der Waals surface area (Å²) in [6.07, 6.45) is 0. The molecule has 2 aromatic carbocycles. The Kier molecular flexibility index (Phi) is 7.62. The summed E-state index contributed by atoms with van der Waals surface area (Å²) in [5.41, 5.74) is 4.13. The second-order valence-corrected chi connectivity index (χ2v) is 10.4. The van der Waals surface area contributed by atoms with Crippen molar-refractivity contribution in [3.8, 4) is 0 Å². The summed E-state index contributed by atoms with van der Waals surface area (Å²) in [5, 5.41) is 6.94. The van der Waals surface area contributed by atoms with Gasteiger partial charge >= 0.3 is 10.2 Å². The molecule has 0 radical (unpaired) electrons. The van der Waals surface area contributed by atoms with Crippen molar-refractivity contribution < 1.29 is 8.42 Å². The van der Waals surface area contributed by atoms with Crippen LogP contribution in [-0.4, -0.2) is 31.9 Å². The molecule has 0 spiro atoms. The number of nitrogens with zero attached hydrogens (tertiary/aromatic N) is 1. The van der Waals surface area contributed by atoms with Crippen LogP contribution in [0.4, 0.5) is 5.69 Å². The van der Waals surface area contributed by atoms with E-state index in [4.69, 9.17) is 12.2 Å². The number of nitrogens with one attached hydrogen (secondary N) is 3. The van der Waals surface area contributed by atoms with Crippen LogP contribution in [0.3, 0.4) is 0 Å². The first-order valence-electron chi connectivity index (χ1n) is 9.38. The van der Waals surface area contributed by atoms with Gasteiger partial charge in [-0.15, -0.1) is 0 Å². The van der Waals surface area contributed by atoms with Gasteiger partial charge in [0.15, 0.2) is 5.11 Å². The lowest BCUT2D eigenvalue weighted by atomic mass is 9.87. The maximum atomic E-state index is 11.8. The summed E-state index contributed by atoms with van der Waals surface area (Å²) in [6, 6.07) is 15.7. The Labute approximate surface area is 179 Å². The van der Waals surface area contributed by atoms with Crippen LogP contribution in [0.1, 0.15) is 37.5 Å². The summed E-state index contributed by atoms with van der Waals surface area (Å²) in [7, 11) is -0.538. The smallest absolute Gasteiger partial charge is 0.301 e. The molecule has 0 heterocycles. The Hall–Kier alpha value is -2.16. The van der Waals surface area contributed by atoms with Crippen molar-refractivity contribution in [1.29, 1.82) is 0 Å². The Morgan fingerprint density at radius 1 is 0.897 bits per heavy atom. The Morgan fingerprint density at radius 3 is 1.76 bits per heavy atom. The van der Waals surface area contributed by atoms with Gasteiger partial charge in [-0.05, 0) is 46.5 Å². The van der Waals surface area contributed by atoms with E-state index in [1.165, 1.54) is 25.2 Å². The third kappa shape index (κ3) is 7.30. The predicted octanol–water partition coefficient (Wildman–Crippen LogP) is 3.37. The Bertz CT molecular complexity index is 917. The van der Waals surface area contributed by atoms with Crippen LogP contribution in [0.15, 0.2) is 48.5 Å². The average Bonchev–Trinajstić information content (AvgIpc) is 2.65. The molecule has 0 aliphatic rings. The molecule has 158 valence electrons. The van der Waals surface area contributed by atoms with E-state index in [1.807, 2.05) is 12.1 Å². The van der Waals surface area contributed by atoms with Crippen molar-refractivity contribution in [2.24, 2.45) is 0 Å². The molecule has 0 aromatic heterocycles. The van der Waals surface area contributed by atoms with Gasteiger partial charge in [0, 0.05) is 32.9 Å². The highest BCUT2D eigenvalue weighted by atomic mass is 32.2. The number of hydrogen-bond donors (Lipinski definition) is 3. The van der Waals surface area contributed by atoms with E-state index in [-0.39, 0.29) is 5.41 Å². The van der Waals surface area contributed by atoms with Gasteiger partial charge in [-0.2, -0.15) is 12.7 Å². The van der Waals surface area contributed by atoms with Crippen LogP contribution in [0.25, 0.3) is 0 Å². The molecule has 0 aliphatic heterocycles. The minimum absolute atomic E-state index is 0.143. The summed E-state index contributed by atoms with van der Waals surface area (Å²) >= 11 is 5.34. The van der Waals surface area contributed by atoms with Gasteiger partial charge < -0.3 is 10.6 Å². The molecule has 0 fully saturated rings. The maximum absolute atomic E-state index is 11.8. The quantitative estimate of drug-likeness (QED) is 0.583. The van der Waals surface area contributed by atoms with Crippen LogP contribution < -0.4 is 15.4 Å². The second kappa shape index (κ2) is 9.56. The molecule has 29 heavy (non-hydrogen) atoms. The van der Waals surface area contributed by atoms with E-state index in [2.05, 4.69) is 60.4 Å². The molecule has 2 aromatic rings. The molecule has 0 amide bonds. The molecule has 0 atom stereocenters. The lowest BCUT2D eigenvalue weighted by Crippen LogP contribution is -2.34. The normalized spacial score (nSPS) is 11.9. The highest BCUT2D eigenvalue weighted by Gasteiger charge is 2.13. The number of hydrogen-bond acceptors (Lipinski definition) is 3. The van der Waals surface area contributed by atoms with Crippen LogP contribution in [-0.2, 0) is 28.7 Å². The monoisotopic (exact) mass is 434 g/mol. The third-order valence-corrected chi connectivity index (χ3v) is 6.15. The van der Waals surface area contributed by atoms with Crippen LogP contribution >= 0.6 is 12.2 Å². The van der Waals surface area contributed by atoms with E-state index in [0.717, 1.165) is 9.87 Å². The predicted molar refractivity (Wildman–Crippen MR) is 124 cm³/mol. The van der Waals surface area contributed by atoms with Crippen LogP contribution in [0.2, 0.25) is 0 Å². The fraction of sp³-hybridized carbons (Fsp3) is 0.381. The highest BCUT2D eigenvalue weighted by Crippen LogP contribution is 2.22. The van der Waals surface area contributed by atoms with E-state index < -0.39 is 10.2 Å². The van der Waals surface area contributed by atoms with Crippen molar-refractivity contribution in [3.63, 3.8) is 0 Å². The molecule has 8 heteroatoms. The summed E-state index contributed by atoms with van der Waals surface area (Å²) < 4.78 is 27.3. The van der Waals surface area contributed by atoms with E-state index >= 15 is 0 Å². The summed E-state index contributed by atoms with van der Waals surface area (Å²) in [6.45, 7) is 7.80. The van der Waals surface area contributed by atoms with E-state index in [9.17, 15) is 8.42 Å².